The van der Waals surface area contributed by atoms with Crippen LogP contribution in [0.4, 0.5) is 10.1 Å². The van der Waals surface area contributed by atoms with Gasteiger partial charge in [-0.2, -0.15) is 0 Å². The van der Waals surface area contributed by atoms with Gasteiger partial charge in [-0.25, -0.2) is 4.39 Å². The lowest BCUT2D eigenvalue weighted by atomic mass is 10.2. The molecule has 0 saturated carbocycles. The number of hydrogen-bond donors (Lipinski definition) is 1. The van der Waals surface area contributed by atoms with E-state index in [9.17, 15) is 4.39 Å². The van der Waals surface area contributed by atoms with Crippen molar-refractivity contribution in [2.45, 2.75) is 6.54 Å². The van der Waals surface area contributed by atoms with Gasteiger partial charge in [0, 0.05) is 11.0 Å². The van der Waals surface area contributed by atoms with Gasteiger partial charge in [-0.3, -0.25) is 0 Å². The Balaban J connectivity index is 2.07. The highest BCUT2D eigenvalue weighted by Gasteiger charge is 2.01. The molecule has 0 saturated heterocycles. The van der Waals surface area contributed by atoms with E-state index in [4.69, 9.17) is 11.6 Å². The summed E-state index contributed by atoms with van der Waals surface area (Å²) in [6, 6.07) is 12.1. The molecule has 0 aliphatic heterocycles. The predicted octanol–water partition coefficient (Wildman–Crippen LogP) is 4.85. The second kappa shape index (κ2) is 5.52. The van der Waals surface area contributed by atoms with Gasteiger partial charge in [-0.1, -0.05) is 39.7 Å². The van der Waals surface area contributed by atoms with Gasteiger partial charge < -0.3 is 5.32 Å². The molecule has 0 heterocycles. The van der Waals surface area contributed by atoms with Crippen molar-refractivity contribution in [3.05, 3.63) is 63.3 Å². The van der Waals surface area contributed by atoms with Crippen LogP contribution in [0.5, 0.6) is 0 Å². The minimum Gasteiger partial charge on any atom is -0.380 e. The monoisotopic (exact) mass is 313 g/mol. The summed E-state index contributed by atoms with van der Waals surface area (Å²) in [6.07, 6.45) is 0. The van der Waals surface area contributed by atoms with Crippen LogP contribution in [0.1, 0.15) is 5.56 Å². The van der Waals surface area contributed by atoms with Gasteiger partial charge in [-0.05, 0) is 35.9 Å². The van der Waals surface area contributed by atoms with Crippen molar-refractivity contribution in [3.8, 4) is 0 Å². The summed E-state index contributed by atoms with van der Waals surface area (Å²) >= 11 is 9.40. The summed E-state index contributed by atoms with van der Waals surface area (Å²) in [5, 5.41) is 3.80. The van der Waals surface area contributed by atoms with Crippen molar-refractivity contribution in [3.63, 3.8) is 0 Å². The van der Waals surface area contributed by atoms with Crippen LogP contribution >= 0.6 is 27.5 Å². The average molecular weight is 315 g/mol. The first-order valence-corrected chi connectivity index (χ1v) is 6.25. The van der Waals surface area contributed by atoms with E-state index in [0.29, 0.717) is 11.6 Å². The number of nitrogens with one attached hydrogen (secondary N) is 1. The highest BCUT2D eigenvalue weighted by molar-refractivity contribution is 9.10. The van der Waals surface area contributed by atoms with Crippen LogP contribution < -0.4 is 5.32 Å². The fraction of sp³-hybridized carbons (Fsp3) is 0.0769. The van der Waals surface area contributed by atoms with E-state index in [-0.39, 0.29) is 5.82 Å². The molecular formula is C13H10BrClFN. The summed E-state index contributed by atoms with van der Waals surface area (Å²) in [7, 11) is 0. The molecule has 17 heavy (non-hydrogen) atoms. The molecule has 2 rings (SSSR count). The number of halogens is 3. The first kappa shape index (κ1) is 12.4. The Bertz CT molecular complexity index is 531. The van der Waals surface area contributed by atoms with Gasteiger partial charge >= 0.3 is 0 Å². The van der Waals surface area contributed by atoms with Gasteiger partial charge in [-0.15, -0.1) is 0 Å². The molecular weight excluding hydrogens is 305 g/mol. The zero-order valence-corrected chi connectivity index (χ0v) is 11.2. The van der Waals surface area contributed by atoms with E-state index in [1.807, 2.05) is 24.3 Å². The topological polar surface area (TPSA) is 12.0 Å². The fourth-order valence-corrected chi connectivity index (χ4v) is 2.22. The second-order valence-electron chi connectivity index (χ2n) is 3.61. The lowest BCUT2D eigenvalue weighted by molar-refractivity contribution is 0.626. The molecule has 0 radical (unpaired) electrons. The van der Waals surface area contributed by atoms with Crippen LogP contribution in [0.2, 0.25) is 5.02 Å². The maximum Gasteiger partial charge on any atom is 0.123 e. The fourth-order valence-electron chi connectivity index (χ4n) is 1.48. The Morgan fingerprint density at radius 1 is 1.18 bits per heavy atom. The Kier molecular flexibility index (Phi) is 4.02. The van der Waals surface area contributed by atoms with Crippen molar-refractivity contribution in [1.82, 2.24) is 0 Å². The normalized spacial score (nSPS) is 10.3. The molecule has 0 unspecified atom stereocenters. The molecule has 88 valence electrons. The van der Waals surface area contributed by atoms with Crippen LogP contribution in [0.3, 0.4) is 0 Å². The molecule has 2 aromatic rings. The van der Waals surface area contributed by atoms with E-state index in [0.717, 1.165) is 15.7 Å². The molecule has 0 fully saturated rings. The van der Waals surface area contributed by atoms with Crippen LogP contribution in [0, 0.1) is 5.82 Å². The van der Waals surface area contributed by atoms with Gasteiger partial charge in [0.05, 0.1) is 10.7 Å². The summed E-state index contributed by atoms with van der Waals surface area (Å²) in [6.45, 7) is 0.541. The smallest absolute Gasteiger partial charge is 0.123 e. The van der Waals surface area contributed by atoms with Gasteiger partial charge in [0.15, 0.2) is 0 Å². The van der Waals surface area contributed by atoms with E-state index in [2.05, 4.69) is 21.2 Å². The van der Waals surface area contributed by atoms with Crippen molar-refractivity contribution in [1.29, 1.82) is 0 Å². The molecule has 0 bridgehead atoms. The van der Waals surface area contributed by atoms with Gasteiger partial charge in [0.1, 0.15) is 5.82 Å². The number of benzene rings is 2. The lowest BCUT2D eigenvalue weighted by Gasteiger charge is -2.08. The van der Waals surface area contributed by atoms with Crippen LogP contribution in [-0.4, -0.2) is 0 Å². The highest BCUT2D eigenvalue weighted by Crippen LogP contribution is 2.26. The summed E-state index contributed by atoms with van der Waals surface area (Å²) in [5.41, 5.74) is 1.71. The van der Waals surface area contributed by atoms with Crippen molar-refractivity contribution in [2.75, 3.05) is 5.32 Å². The SMILES string of the molecule is Fc1cccc(CNc2ccc(Br)cc2Cl)c1. The quantitative estimate of drug-likeness (QED) is 0.853. The number of rotatable bonds is 3. The summed E-state index contributed by atoms with van der Waals surface area (Å²) < 4.78 is 13.9. The van der Waals surface area contributed by atoms with E-state index >= 15 is 0 Å². The maximum atomic E-state index is 13.0. The third kappa shape index (κ3) is 3.45. The first-order valence-electron chi connectivity index (χ1n) is 5.08. The molecule has 1 N–H and O–H groups in total. The van der Waals surface area contributed by atoms with Gasteiger partial charge in [0.25, 0.3) is 0 Å². The van der Waals surface area contributed by atoms with Crippen LogP contribution in [0.25, 0.3) is 0 Å². The minimum atomic E-state index is -0.230. The molecule has 2 aromatic carbocycles. The van der Waals surface area contributed by atoms with Crippen molar-refractivity contribution in [2.24, 2.45) is 0 Å². The van der Waals surface area contributed by atoms with E-state index < -0.39 is 0 Å². The molecule has 0 spiro atoms. The minimum absolute atomic E-state index is 0.230. The number of anilines is 1. The molecule has 0 atom stereocenters. The average Bonchev–Trinajstić information content (AvgIpc) is 2.28. The van der Waals surface area contributed by atoms with E-state index in [1.165, 1.54) is 12.1 Å². The first-order chi connectivity index (χ1) is 8.15. The highest BCUT2D eigenvalue weighted by atomic mass is 79.9. The number of hydrogen-bond acceptors (Lipinski definition) is 1. The van der Waals surface area contributed by atoms with Crippen LogP contribution in [-0.2, 0) is 6.54 Å². The second-order valence-corrected chi connectivity index (χ2v) is 4.93. The molecule has 0 aliphatic rings. The zero-order chi connectivity index (χ0) is 12.3. The van der Waals surface area contributed by atoms with E-state index in [1.54, 1.807) is 6.07 Å². The zero-order valence-electron chi connectivity index (χ0n) is 8.88. The van der Waals surface area contributed by atoms with Crippen molar-refractivity contribution < 1.29 is 4.39 Å². The third-order valence-electron chi connectivity index (χ3n) is 2.30. The standard InChI is InChI=1S/C13H10BrClFN/c14-10-4-5-13(12(15)7-10)17-8-9-2-1-3-11(16)6-9/h1-7,17H,8H2. The maximum absolute atomic E-state index is 13.0. The Morgan fingerprint density at radius 3 is 2.71 bits per heavy atom. The Hall–Kier alpha value is -1.06. The molecule has 4 heteroatoms. The third-order valence-corrected chi connectivity index (χ3v) is 3.11. The summed E-state index contributed by atoms with van der Waals surface area (Å²) in [4.78, 5) is 0. The predicted molar refractivity (Wildman–Crippen MR) is 72.9 cm³/mol. The molecule has 0 aromatic heterocycles. The van der Waals surface area contributed by atoms with Gasteiger partial charge in [0.2, 0.25) is 0 Å². The summed E-state index contributed by atoms with van der Waals surface area (Å²) in [5.74, 6) is -0.230. The molecule has 0 aliphatic carbocycles. The Morgan fingerprint density at radius 2 is 2.00 bits per heavy atom. The Labute approximate surface area is 113 Å². The molecule has 0 amide bonds. The van der Waals surface area contributed by atoms with Crippen LogP contribution in [0.15, 0.2) is 46.9 Å². The lowest BCUT2D eigenvalue weighted by Crippen LogP contribution is -2.00. The molecule has 1 nitrogen and oxygen atoms in total. The largest absolute Gasteiger partial charge is 0.380 e. The van der Waals surface area contributed by atoms with Crippen molar-refractivity contribution >= 4 is 33.2 Å².